The Morgan fingerprint density at radius 1 is 0.535 bits per heavy atom. The number of unbranched alkanes of at least 4 members (excludes halogenated alkanes) is 23. The van der Waals surface area contributed by atoms with Gasteiger partial charge in [-0.2, -0.15) is 0 Å². The van der Waals surface area contributed by atoms with E-state index >= 15 is 0 Å². The highest BCUT2D eigenvalue weighted by molar-refractivity contribution is 7.62. The van der Waals surface area contributed by atoms with Gasteiger partial charge in [-0.3, -0.25) is 4.57 Å². The molecule has 1 aromatic rings. The van der Waals surface area contributed by atoms with Gasteiger partial charge in [-0.05, 0) is 38.5 Å². The summed E-state index contributed by atoms with van der Waals surface area (Å²) in [5.41, 5.74) is 0. The van der Waals surface area contributed by atoms with E-state index in [4.69, 9.17) is 9.05 Å². The number of aryl methyl sites for hydroxylation is 1. The van der Waals surface area contributed by atoms with Crippen molar-refractivity contribution in [1.82, 2.24) is 0 Å². The number of hydrogen-bond donors (Lipinski definition) is 0. The molecule has 0 aliphatic carbocycles. The highest BCUT2D eigenvalue weighted by Gasteiger charge is 2.28. The van der Waals surface area contributed by atoms with Crippen LogP contribution in [0.25, 0.3) is 0 Å². The van der Waals surface area contributed by atoms with Gasteiger partial charge in [0.05, 0.1) is 18.5 Å². The van der Waals surface area contributed by atoms with Gasteiger partial charge < -0.3 is 9.05 Å². The van der Waals surface area contributed by atoms with Crippen molar-refractivity contribution < 1.29 is 18.2 Å². The lowest BCUT2D eigenvalue weighted by Crippen LogP contribution is -2.28. The topological polar surface area (TPSA) is 39.4 Å². The van der Waals surface area contributed by atoms with Crippen LogP contribution in [0.4, 0.5) is 0 Å². The van der Waals surface area contributed by atoms with E-state index in [1.54, 1.807) is 0 Å². The monoisotopic (exact) mass is 621 g/mol. The van der Waals surface area contributed by atoms with Crippen LogP contribution in [0.3, 0.4) is 0 Å². The highest BCUT2D eigenvalue weighted by Crippen LogP contribution is 2.47. The smallest absolute Gasteiger partial charge is 0.305 e. The Kier molecular flexibility index (Phi) is 27.7. The Morgan fingerprint density at radius 3 is 1.23 bits per heavy atom. The molecule has 1 aromatic heterocycles. The minimum Gasteiger partial charge on any atom is -0.305 e. The van der Waals surface area contributed by atoms with Crippen LogP contribution in [0.5, 0.6) is 0 Å². The molecule has 0 fully saturated rings. The number of allylic oxidation sites excluding steroid dienone is 2. The summed E-state index contributed by atoms with van der Waals surface area (Å²) in [5.74, 6) is 0. The fourth-order valence-corrected chi connectivity index (χ4v) is 7.13. The lowest BCUT2D eigenvalue weighted by Gasteiger charge is -2.18. The van der Waals surface area contributed by atoms with Crippen molar-refractivity contribution in [2.75, 3.05) is 13.2 Å². The lowest BCUT2D eigenvalue weighted by atomic mass is 10.1. The summed E-state index contributed by atoms with van der Waals surface area (Å²) < 4.78 is 27.7. The molecule has 5 heteroatoms. The number of rotatable bonds is 32. The molecule has 0 aliphatic heterocycles. The molecule has 0 aromatic carbocycles. The molecule has 0 saturated carbocycles. The number of pyridine rings is 1. The maximum Gasteiger partial charge on any atom is 0.361 e. The molecule has 250 valence electrons. The summed E-state index contributed by atoms with van der Waals surface area (Å²) in [5, 5.41) is 0.675. The Balaban J connectivity index is 2.13. The van der Waals surface area contributed by atoms with Crippen LogP contribution in [-0.2, 0) is 20.7 Å². The summed E-state index contributed by atoms with van der Waals surface area (Å²) in [4.78, 5) is 0. The predicted octanol–water partition coefficient (Wildman–Crippen LogP) is 12.1. The van der Waals surface area contributed by atoms with E-state index in [1.807, 2.05) is 36.1 Å². The summed E-state index contributed by atoms with van der Waals surface area (Å²) >= 11 is 0. The standard InChI is InChI=1S/C38H71NO3P/c1-4-6-8-10-12-14-16-18-19-20-21-23-25-27-29-31-37-42-43(40,38-32-34-39(3)35-33-38)41-36-30-28-26-24-22-17-15-13-11-9-7-5-2/h18-19,32-35H,4-17,20-31,36-37H2,1-3H3/q+1/b19-18-. The van der Waals surface area contributed by atoms with Crippen LogP contribution in [0.2, 0.25) is 0 Å². The quantitative estimate of drug-likeness (QED) is 0.0348. The van der Waals surface area contributed by atoms with Crippen LogP contribution in [0.1, 0.15) is 181 Å². The molecular weight excluding hydrogens is 549 g/mol. The van der Waals surface area contributed by atoms with E-state index in [1.165, 1.54) is 141 Å². The SMILES string of the molecule is CCCCCCCC/C=C\CCCCCCCCOP(=O)(OCCCCCCCCCCCCCC)c1cc[n+](C)cc1. The Bertz CT molecular complexity index is 795. The molecule has 1 rings (SSSR count). The highest BCUT2D eigenvalue weighted by atomic mass is 31.2. The molecule has 0 radical (unpaired) electrons. The van der Waals surface area contributed by atoms with Crippen molar-refractivity contribution in [3.8, 4) is 0 Å². The first-order valence-corrected chi connectivity index (χ1v) is 20.2. The molecule has 1 unspecified atom stereocenters. The van der Waals surface area contributed by atoms with Crippen LogP contribution in [0.15, 0.2) is 36.7 Å². The second-order valence-electron chi connectivity index (χ2n) is 12.7. The second-order valence-corrected chi connectivity index (χ2v) is 14.7. The maximum absolute atomic E-state index is 13.7. The van der Waals surface area contributed by atoms with Crippen molar-refractivity contribution >= 4 is 12.9 Å². The Morgan fingerprint density at radius 2 is 0.860 bits per heavy atom. The Hall–Kier alpha value is -0.960. The fraction of sp³-hybridized carbons (Fsp3) is 0.816. The van der Waals surface area contributed by atoms with E-state index < -0.39 is 7.60 Å². The summed E-state index contributed by atoms with van der Waals surface area (Å²) in [6.07, 6.45) is 42.1. The van der Waals surface area contributed by atoms with Gasteiger partial charge in [0.2, 0.25) is 0 Å². The molecular formula is C38H71NO3P+. The van der Waals surface area contributed by atoms with Gasteiger partial charge >= 0.3 is 7.60 Å². The minimum atomic E-state index is -3.28. The maximum atomic E-state index is 13.7. The lowest BCUT2D eigenvalue weighted by molar-refractivity contribution is -0.671. The number of nitrogens with zero attached hydrogens (tertiary/aromatic N) is 1. The van der Waals surface area contributed by atoms with E-state index in [0.29, 0.717) is 18.5 Å². The molecule has 0 amide bonds. The Labute approximate surface area is 268 Å². The second kappa shape index (κ2) is 29.7. The summed E-state index contributed by atoms with van der Waals surface area (Å²) in [6.45, 7) is 5.56. The van der Waals surface area contributed by atoms with Crippen LogP contribution >= 0.6 is 7.60 Å². The third-order valence-electron chi connectivity index (χ3n) is 8.45. The first-order chi connectivity index (χ1) is 21.1. The largest absolute Gasteiger partial charge is 0.361 e. The van der Waals surface area contributed by atoms with Crippen molar-refractivity contribution in [2.45, 2.75) is 181 Å². The number of hydrogen-bond acceptors (Lipinski definition) is 3. The molecule has 0 saturated heterocycles. The van der Waals surface area contributed by atoms with Gasteiger partial charge in [-0.15, -0.1) is 0 Å². The third kappa shape index (κ3) is 24.0. The van der Waals surface area contributed by atoms with Crippen molar-refractivity contribution in [2.24, 2.45) is 7.05 Å². The molecule has 1 atom stereocenters. The van der Waals surface area contributed by atoms with Crippen molar-refractivity contribution in [1.29, 1.82) is 0 Å². The van der Waals surface area contributed by atoms with Gasteiger partial charge in [0.15, 0.2) is 12.4 Å². The van der Waals surface area contributed by atoms with Gasteiger partial charge in [0, 0.05) is 12.1 Å². The van der Waals surface area contributed by atoms with Gasteiger partial charge in [0.25, 0.3) is 0 Å². The number of aromatic nitrogens is 1. The van der Waals surface area contributed by atoms with E-state index in [0.717, 1.165) is 25.7 Å². The molecule has 0 N–H and O–H groups in total. The van der Waals surface area contributed by atoms with Crippen LogP contribution in [0, 0.1) is 0 Å². The van der Waals surface area contributed by atoms with E-state index in [-0.39, 0.29) is 0 Å². The zero-order valence-electron chi connectivity index (χ0n) is 28.9. The summed E-state index contributed by atoms with van der Waals surface area (Å²) in [7, 11) is -1.32. The molecule has 43 heavy (non-hydrogen) atoms. The fourth-order valence-electron chi connectivity index (χ4n) is 5.52. The van der Waals surface area contributed by atoms with E-state index in [2.05, 4.69) is 26.0 Å². The molecule has 0 bridgehead atoms. The molecule has 1 heterocycles. The van der Waals surface area contributed by atoms with Gasteiger partial charge in [0.1, 0.15) is 7.05 Å². The van der Waals surface area contributed by atoms with Gasteiger partial charge in [-0.1, -0.05) is 154 Å². The minimum absolute atomic E-state index is 0.498. The molecule has 0 spiro atoms. The van der Waals surface area contributed by atoms with Crippen LogP contribution in [-0.4, -0.2) is 13.2 Å². The van der Waals surface area contributed by atoms with Crippen molar-refractivity contribution in [3.05, 3.63) is 36.7 Å². The molecule has 0 aliphatic rings. The van der Waals surface area contributed by atoms with Gasteiger partial charge in [-0.25, -0.2) is 4.57 Å². The average molecular weight is 621 g/mol. The molecule has 4 nitrogen and oxygen atoms in total. The normalized spacial score (nSPS) is 13.2. The van der Waals surface area contributed by atoms with Crippen LogP contribution < -0.4 is 9.87 Å². The first kappa shape index (κ1) is 40.1. The van der Waals surface area contributed by atoms with E-state index in [9.17, 15) is 4.57 Å². The van der Waals surface area contributed by atoms with Crippen molar-refractivity contribution in [3.63, 3.8) is 0 Å². The third-order valence-corrected chi connectivity index (χ3v) is 10.4. The zero-order chi connectivity index (χ0) is 31.1. The summed E-state index contributed by atoms with van der Waals surface area (Å²) in [6, 6.07) is 3.76. The average Bonchev–Trinajstić information content (AvgIpc) is 3.01. The zero-order valence-corrected chi connectivity index (χ0v) is 29.8. The predicted molar refractivity (Wildman–Crippen MR) is 187 cm³/mol. The first-order valence-electron chi connectivity index (χ1n) is 18.6.